The minimum atomic E-state index is 0.558. The van der Waals surface area contributed by atoms with Gasteiger partial charge in [0.1, 0.15) is 0 Å². The number of alkyl halides is 1. The molecule has 0 aliphatic heterocycles. The van der Waals surface area contributed by atoms with Crippen molar-refractivity contribution in [3.05, 3.63) is 28.2 Å². The van der Waals surface area contributed by atoms with Crippen molar-refractivity contribution in [1.29, 1.82) is 0 Å². The summed E-state index contributed by atoms with van der Waals surface area (Å²) in [7, 11) is 2.17. The fraction of sp³-hybridized carbons (Fsp3) is 0.538. The molecule has 1 fully saturated rings. The van der Waals surface area contributed by atoms with E-state index in [0.29, 0.717) is 11.9 Å². The first-order chi connectivity index (χ1) is 7.63. The van der Waals surface area contributed by atoms with Crippen molar-refractivity contribution < 1.29 is 0 Å². The normalized spacial score (nSPS) is 17.2. The molecule has 1 aromatic rings. The molecular formula is C13H17BrClN. The van der Waals surface area contributed by atoms with Gasteiger partial charge in [0.2, 0.25) is 0 Å². The molecular weight excluding hydrogens is 286 g/mol. The van der Waals surface area contributed by atoms with Crippen LogP contribution in [0.25, 0.3) is 0 Å². The van der Waals surface area contributed by atoms with Gasteiger partial charge in [0.25, 0.3) is 0 Å². The smallest absolute Gasteiger partial charge is 0.0485 e. The molecule has 1 unspecified atom stereocenters. The van der Waals surface area contributed by atoms with Crippen LogP contribution in [0.4, 0.5) is 5.69 Å². The van der Waals surface area contributed by atoms with Crippen LogP contribution in [0.5, 0.6) is 0 Å². The molecule has 16 heavy (non-hydrogen) atoms. The maximum atomic E-state index is 5.84. The van der Waals surface area contributed by atoms with Crippen molar-refractivity contribution in [3.8, 4) is 0 Å². The number of hydrogen-bond acceptors (Lipinski definition) is 1. The predicted octanol–water partition coefficient (Wildman–Crippen LogP) is 4.42. The van der Waals surface area contributed by atoms with Crippen LogP contribution >= 0.6 is 27.5 Å². The van der Waals surface area contributed by atoms with Crippen LogP contribution in [0.1, 0.15) is 25.3 Å². The van der Waals surface area contributed by atoms with Crippen molar-refractivity contribution >= 4 is 33.2 Å². The summed E-state index contributed by atoms with van der Waals surface area (Å²) in [6.45, 7) is 2.31. The second kappa shape index (κ2) is 4.97. The van der Waals surface area contributed by atoms with E-state index in [1.54, 1.807) is 0 Å². The molecule has 0 aromatic heterocycles. The molecule has 1 atom stereocenters. The second-order valence-electron chi connectivity index (χ2n) is 4.60. The fourth-order valence-electron chi connectivity index (χ4n) is 1.99. The molecule has 1 aromatic carbocycles. The third-order valence-corrected chi connectivity index (χ3v) is 4.53. The molecule has 0 radical (unpaired) electrons. The average molecular weight is 303 g/mol. The molecule has 1 saturated carbocycles. The summed E-state index contributed by atoms with van der Waals surface area (Å²) in [5.74, 6) is 1.44. The van der Waals surface area contributed by atoms with E-state index in [4.69, 9.17) is 11.6 Å². The number of anilines is 1. The lowest BCUT2D eigenvalue weighted by Gasteiger charge is -2.27. The van der Waals surface area contributed by atoms with E-state index >= 15 is 0 Å². The molecule has 2 rings (SSSR count). The van der Waals surface area contributed by atoms with Crippen molar-refractivity contribution in [2.75, 3.05) is 11.9 Å². The van der Waals surface area contributed by atoms with Gasteiger partial charge in [-0.2, -0.15) is 0 Å². The molecule has 0 spiro atoms. The largest absolute Gasteiger partial charge is 0.372 e. The number of benzene rings is 1. The van der Waals surface area contributed by atoms with Gasteiger partial charge in [0, 0.05) is 29.1 Å². The summed E-state index contributed by atoms with van der Waals surface area (Å²) in [6, 6.07) is 7.05. The van der Waals surface area contributed by atoms with E-state index in [-0.39, 0.29) is 0 Å². The minimum Gasteiger partial charge on any atom is -0.372 e. The molecule has 1 aliphatic rings. The summed E-state index contributed by atoms with van der Waals surface area (Å²) in [4.78, 5) is 2.36. The lowest BCUT2D eigenvalue weighted by molar-refractivity contribution is 0.609. The summed E-state index contributed by atoms with van der Waals surface area (Å²) in [6.07, 6.45) is 2.76. The second-order valence-corrected chi connectivity index (χ2v) is 5.72. The Bertz CT molecular complexity index is 376. The highest BCUT2D eigenvalue weighted by Gasteiger charge is 2.30. The highest BCUT2D eigenvalue weighted by atomic mass is 79.9. The van der Waals surface area contributed by atoms with E-state index in [2.05, 4.69) is 53.0 Å². The van der Waals surface area contributed by atoms with Gasteiger partial charge >= 0.3 is 0 Å². The van der Waals surface area contributed by atoms with E-state index in [1.165, 1.54) is 18.5 Å². The Kier molecular flexibility index (Phi) is 3.81. The third kappa shape index (κ3) is 2.54. The first-order valence-corrected chi connectivity index (χ1v) is 7.03. The summed E-state index contributed by atoms with van der Waals surface area (Å²) >= 11 is 9.41. The van der Waals surface area contributed by atoms with E-state index < -0.39 is 0 Å². The maximum absolute atomic E-state index is 5.84. The van der Waals surface area contributed by atoms with Gasteiger partial charge in [-0.05, 0) is 43.4 Å². The van der Waals surface area contributed by atoms with Gasteiger partial charge in [-0.1, -0.05) is 22.0 Å². The first-order valence-electron chi connectivity index (χ1n) is 5.70. The van der Waals surface area contributed by atoms with E-state index in [9.17, 15) is 0 Å². The third-order valence-electron chi connectivity index (χ3n) is 3.50. The number of rotatable bonds is 4. The molecule has 1 aliphatic carbocycles. The summed E-state index contributed by atoms with van der Waals surface area (Å²) < 4.78 is 1.11. The number of hydrogen-bond donors (Lipinski definition) is 0. The topological polar surface area (TPSA) is 3.24 Å². The van der Waals surface area contributed by atoms with Crippen molar-refractivity contribution in [1.82, 2.24) is 0 Å². The quantitative estimate of drug-likeness (QED) is 0.744. The van der Waals surface area contributed by atoms with Gasteiger partial charge in [-0.3, -0.25) is 0 Å². The molecule has 0 N–H and O–H groups in total. The van der Waals surface area contributed by atoms with Gasteiger partial charge in [0.05, 0.1) is 0 Å². The van der Waals surface area contributed by atoms with Gasteiger partial charge in [0.15, 0.2) is 0 Å². The van der Waals surface area contributed by atoms with E-state index in [0.717, 1.165) is 16.0 Å². The molecule has 3 heteroatoms. The zero-order valence-electron chi connectivity index (χ0n) is 9.71. The SMILES string of the molecule is CC(C1CC1)N(C)c1ccc(CCl)c(Br)c1. The molecule has 0 bridgehead atoms. The average Bonchev–Trinajstić information content (AvgIpc) is 3.11. The zero-order valence-corrected chi connectivity index (χ0v) is 12.1. The molecule has 0 saturated heterocycles. The number of nitrogens with zero attached hydrogens (tertiary/aromatic N) is 1. The highest BCUT2D eigenvalue weighted by molar-refractivity contribution is 9.10. The minimum absolute atomic E-state index is 0.558. The Morgan fingerprint density at radius 1 is 1.50 bits per heavy atom. The number of halogens is 2. The van der Waals surface area contributed by atoms with Crippen molar-refractivity contribution in [2.24, 2.45) is 5.92 Å². The van der Waals surface area contributed by atoms with Gasteiger partial charge in [-0.25, -0.2) is 0 Å². The van der Waals surface area contributed by atoms with Crippen LogP contribution < -0.4 is 4.90 Å². The summed E-state index contributed by atoms with van der Waals surface area (Å²) in [5.41, 5.74) is 2.41. The standard InChI is InChI=1S/C13H17BrClN/c1-9(10-3-4-10)16(2)12-6-5-11(8-15)13(14)7-12/h5-7,9-10H,3-4,8H2,1-2H3. The van der Waals surface area contributed by atoms with Crippen LogP contribution in [0.3, 0.4) is 0 Å². The van der Waals surface area contributed by atoms with Crippen molar-refractivity contribution in [3.63, 3.8) is 0 Å². The monoisotopic (exact) mass is 301 g/mol. The maximum Gasteiger partial charge on any atom is 0.0485 e. The van der Waals surface area contributed by atoms with Crippen LogP contribution in [0.15, 0.2) is 22.7 Å². The van der Waals surface area contributed by atoms with E-state index in [1.807, 2.05) is 0 Å². The Labute approximate surface area is 111 Å². The lowest BCUT2D eigenvalue weighted by atomic mass is 10.1. The van der Waals surface area contributed by atoms with Crippen LogP contribution in [-0.4, -0.2) is 13.1 Å². The van der Waals surface area contributed by atoms with Gasteiger partial charge in [-0.15, -0.1) is 11.6 Å². The highest BCUT2D eigenvalue weighted by Crippen LogP contribution is 2.37. The molecule has 0 heterocycles. The van der Waals surface area contributed by atoms with Crippen molar-refractivity contribution in [2.45, 2.75) is 31.7 Å². The first kappa shape index (κ1) is 12.3. The molecule has 0 amide bonds. The Balaban J connectivity index is 2.16. The Morgan fingerprint density at radius 2 is 2.19 bits per heavy atom. The zero-order chi connectivity index (χ0) is 11.7. The Hall–Kier alpha value is -0.210. The molecule has 88 valence electrons. The molecule has 1 nitrogen and oxygen atoms in total. The van der Waals surface area contributed by atoms with Crippen LogP contribution in [0.2, 0.25) is 0 Å². The van der Waals surface area contributed by atoms with Crippen LogP contribution in [0, 0.1) is 5.92 Å². The van der Waals surface area contributed by atoms with Gasteiger partial charge < -0.3 is 4.90 Å². The predicted molar refractivity (Wildman–Crippen MR) is 74.3 cm³/mol. The lowest BCUT2D eigenvalue weighted by Crippen LogP contribution is -2.30. The fourth-order valence-corrected chi connectivity index (χ4v) is 2.90. The van der Waals surface area contributed by atoms with Crippen LogP contribution in [-0.2, 0) is 5.88 Å². The Morgan fingerprint density at radius 3 is 2.69 bits per heavy atom. The summed E-state index contributed by atoms with van der Waals surface area (Å²) in [5, 5.41) is 0.